The third-order valence-electron chi connectivity index (χ3n) is 6.77. The van der Waals surface area contributed by atoms with Crippen LogP contribution < -0.4 is 9.64 Å². The average molecular weight is 559 g/mol. The zero-order valence-electron chi connectivity index (χ0n) is 22.6. The number of piperazine rings is 1. The van der Waals surface area contributed by atoms with E-state index < -0.39 is 10.0 Å². The lowest BCUT2D eigenvalue weighted by molar-refractivity contribution is 0.0746. The number of hydrogen-bond donors (Lipinski definition) is 0. The summed E-state index contributed by atoms with van der Waals surface area (Å²) in [6, 6.07) is 12.4. The lowest BCUT2D eigenvalue weighted by Gasteiger charge is -2.34. The van der Waals surface area contributed by atoms with Crippen molar-refractivity contribution in [3.8, 4) is 5.75 Å². The highest BCUT2D eigenvalue weighted by molar-refractivity contribution is 7.89. The Bertz CT molecular complexity index is 1310. The van der Waals surface area contributed by atoms with Crippen LogP contribution in [0.5, 0.6) is 5.75 Å². The molecule has 0 atom stereocenters. The van der Waals surface area contributed by atoms with Crippen molar-refractivity contribution in [2.45, 2.75) is 51.3 Å². The monoisotopic (exact) mass is 558 g/mol. The van der Waals surface area contributed by atoms with Gasteiger partial charge in [0.15, 0.2) is 5.13 Å². The van der Waals surface area contributed by atoms with Crippen LogP contribution in [0, 0.1) is 0 Å². The molecule has 3 aromatic rings. The van der Waals surface area contributed by atoms with Gasteiger partial charge in [0.05, 0.1) is 16.2 Å². The molecule has 1 fully saturated rings. The Hall–Kier alpha value is -2.69. The standard InChI is InChI=1S/C28H38N4O4S2/c1-4-7-16-32(17-8-5-2)38(34,35)23-14-12-22(13-15-23)27(33)30-18-20-31(21-19-30)28-29-26-24(36-6-3)10-9-11-25(26)37-28/h9-15H,4-8,16-21H2,1-3H3. The number of rotatable bonds is 12. The van der Waals surface area contributed by atoms with Gasteiger partial charge in [-0.05, 0) is 56.2 Å². The summed E-state index contributed by atoms with van der Waals surface area (Å²) in [6.45, 7) is 10.2. The topological polar surface area (TPSA) is 83.1 Å². The Balaban J connectivity index is 1.40. The number of amides is 1. The SMILES string of the molecule is CCCCN(CCCC)S(=O)(=O)c1ccc(C(=O)N2CCN(c3nc4c(OCC)cccc4s3)CC2)cc1. The molecule has 206 valence electrons. The fourth-order valence-corrected chi connectivity index (χ4v) is 7.09. The molecule has 1 saturated heterocycles. The molecule has 0 unspecified atom stereocenters. The summed E-state index contributed by atoms with van der Waals surface area (Å²) in [5.41, 5.74) is 1.39. The summed E-state index contributed by atoms with van der Waals surface area (Å²) < 4.78 is 34.9. The first-order chi connectivity index (χ1) is 18.4. The smallest absolute Gasteiger partial charge is 0.253 e. The maximum atomic E-state index is 13.2. The van der Waals surface area contributed by atoms with E-state index in [9.17, 15) is 13.2 Å². The molecule has 0 N–H and O–H groups in total. The zero-order chi connectivity index (χ0) is 27.1. The Morgan fingerprint density at radius 1 is 0.974 bits per heavy atom. The highest BCUT2D eigenvalue weighted by Crippen LogP contribution is 2.34. The van der Waals surface area contributed by atoms with Crippen molar-refractivity contribution in [2.24, 2.45) is 0 Å². The van der Waals surface area contributed by atoms with Crippen molar-refractivity contribution in [1.29, 1.82) is 0 Å². The molecule has 2 heterocycles. The molecule has 0 radical (unpaired) electrons. The molecule has 0 bridgehead atoms. The number of aromatic nitrogens is 1. The van der Waals surface area contributed by atoms with Crippen LogP contribution in [-0.4, -0.2) is 74.4 Å². The lowest BCUT2D eigenvalue weighted by Crippen LogP contribution is -2.48. The van der Waals surface area contributed by atoms with Crippen LogP contribution in [0.3, 0.4) is 0 Å². The van der Waals surface area contributed by atoms with Crippen molar-refractivity contribution < 1.29 is 17.9 Å². The molecule has 1 aliphatic heterocycles. The quantitative estimate of drug-likeness (QED) is 0.302. The first kappa shape index (κ1) is 28.3. The zero-order valence-corrected chi connectivity index (χ0v) is 24.2. The van der Waals surface area contributed by atoms with Crippen LogP contribution in [0.2, 0.25) is 0 Å². The summed E-state index contributed by atoms with van der Waals surface area (Å²) in [5, 5.41) is 0.935. The highest BCUT2D eigenvalue weighted by atomic mass is 32.2. The van der Waals surface area contributed by atoms with E-state index in [1.54, 1.807) is 39.9 Å². The predicted octanol–water partition coefficient (Wildman–Crippen LogP) is 5.25. The largest absolute Gasteiger partial charge is 0.492 e. The maximum absolute atomic E-state index is 13.2. The van der Waals surface area contributed by atoms with Crippen LogP contribution >= 0.6 is 11.3 Å². The highest BCUT2D eigenvalue weighted by Gasteiger charge is 2.26. The van der Waals surface area contributed by atoms with Crippen molar-refractivity contribution in [1.82, 2.24) is 14.2 Å². The molecule has 1 aliphatic rings. The third kappa shape index (κ3) is 6.30. The minimum Gasteiger partial charge on any atom is -0.492 e. The van der Waals surface area contributed by atoms with Crippen molar-refractivity contribution in [3.63, 3.8) is 0 Å². The number of unbranched alkanes of at least 4 members (excludes halogenated alkanes) is 2. The number of sulfonamides is 1. The van der Waals surface area contributed by atoms with Crippen molar-refractivity contribution in [2.75, 3.05) is 50.8 Å². The number of carbonyl (C=O) groups excluding carboxylic acids is 1. The third-order valence-corrected chi connectivity index (χ3v) is 9.76. The summed E-state index contributed by atoms with van der Waals surface area (Å²) >= 11 is 1.64. The van der Waals surface area contributed by atoms with E-state index in [1.165, 1.54) is 0 Å². The van der Waals surface area contributed by atoms with Gasteiger partial charge >= 0.3 is 0 Å². The van der Waals surface area contributed by atoms with Crippen LogP contribution in [0.15, 0.2) is 47.4 Å². The molecule has 4 rings (SSSR count). The molecular weight excluding hydrogens is 520 g/mol. The lowest BCUT2D eigenvalue weighted by atomic mass is 10.2. The molecule has 8 nitrogen and oxygen atoms in total. The van der Waals surface area contributed by atoms with E-state index in [-0.39, 0.29) is 10.8 Å². The van der Waals surface area contributed by atoms with Gasteiger partial charge in [-0.1, -0.05) is 44.1 Å². The van der Waals surface area contributed by atoms with Gasteiger partial charge in [-0.25, -0.2) is 13.4 Å². The second-order valence-electron chi connectivity index (χ2n) is 9.45. The first-order valence-electron chi connectivity index (χ1n) is 13.6. The van der Waals surface area contributed by atoms with Gasteiger partial charge in [0, 0.05) is 44.8 Å². The Labute approximate surface area is 230 Å². The number of hydrogen-bond acceptors (Lipinski definition) is 7. The van der Waals surface area contributed by atoms with Crippen LogP contribution in [0.1, 0.15) is 56.8 Å². The van der Waals surface area contributed by atoms with Gasteiger partial charge in [-0.2, -0.15) is 4.31 Å². The van der Waals surface area contributed by atoms with Crippen LogP contribution in [0.4, 0.5) is 5.13 Å². The number of nitrogens with zero attached hydrogens (tertiary/aromatic N) is 4. The van der Waals surface area contributed by atoms with Gasteiger partial charge < -0.3 is 14.5 Å². The minimum absolute atomic E-state index is 0.0784. The molecule has 0 aliphatic carbocycles. The molecular formula is C28H38N4O4S2. The number of thiazole rings is 1. The van der Waals surface area contributed by atoms with E-state index in [4.69, 9.17) is 9.72 Å². The second kappa shape index (κ2) is 12.9. The number of benzene rings is 2. The summed E-state index contributed by atoms with van der Waals surface area (Å²) in [5.74, 6) is 0.718. The fourth-order valence-electron chi connectivity index (χ4n) is 4.54. The van der Waals surface area contributed by atoms with Crippen molar-refractivity contribution in [3.05, 3.63) is 48.0 Å². The number of anilines is 1. The van der Waals surface area contributed by atoms with Crippen LogP contribution in [-0.2, 0) is 10.0 Å². The van der Waals surface area contributed by atoms with Crippen LogP contribution in [0.25, 0.3) is 10.2 Å². The van der Waals surface area contributed by atoms with E-state index in [0.717, 1.165) is 46.8 Å². The van der Waals surface area contributed by atoms with E-state index in [1.807, 2.05) is 24.0 Å². The molecule has 0 saturated carbocycles. The average Bonchev–Trinajstić information content (AvgIpc) is 3.38. The maximum Gasteiger partial charge on any atom is 0.253 e. The molecule has 1 aromatic heterocycles. The van der Waals surface area contributed by atoms with Gasteiger partial charge in [0.1, 0.15) is 11.3 Å². The number of ether oxygens (including phenoxy) is 1. The summed E-state index contributed by atoms with van der Waals surface area (Å²) in [7, 11) is -3.58. The molecule has 1 amide bonds. The molecule has 0 spiro atoms. The minimum atomic E-state index is -3.58. The number of para-hydroxylation sites is 1. The molecule has 38 heavy (non-hydrogen) atoms. The van der Waals surface area contributed by atoms with Gasteiger partial charge in [-0.3, -0.25) is 4.79 Å². The summed E-state index contributed by atoms with van der Waals surface area (Å²) in [4.78, 5) is 22.3. The van der Waals surface area contributed by atoms with Gasteiger partial charge in [-0.15, -0.1) is 0 Å². The number of fused-ring (bicyclic) bond motifs is 1. The van der Waals surface area contributed by atoms with E-state index in [0.29, 0.717) is 51.4 Å². The van der Waals surface area contributed by atoms with Gasteiger partial charge in [0.25, 0.3) is 5.91 Å². The normalized spacial score (nSPS) is 14.4. The van der Waals surface area contributed by atoms with Crippen molar-refractivity contribution >= 4 is 42.6 Å². The van der Waals surface area contributed by atoms with E-state index in [2.05, 4.69) is 24.8 Å². The molecule has 10 heteroatoms. The predicted molar refractivity (Wildman–Crippen MR) is 154 cm³/mol. The van der Waals surface area contributed by atoms with Gasteiger partial charge in [0.2, 0.25) is 10.0 Å². The Morgan fingerprint density at radius 2 is 1.63 bits per heavy atom. The number of carbonyl (C=O) groups is 1. The second-order valence-corrected chi connectivity index (χ2v) is 12.4. The van der Waals surface area contributed by atoms with E-state index >= 15 is 0 Å². The first-order valence-corrected chi connectivity index (χ1v) is 15.8. The summed E-state index contributed by atoms with van der Waals surface area (Å²) in [6.07, 6.45) is 3.53. The molecule has 2 aromatic carbocycles. The fraction of sp³-hybridized carbons (Fsp3) is 0.500. The Morgan fingerprint density at radius 3 is 2.24 bits per heavy atom. The Kier molecular flexibility index (Phi) is 9.62.